The molecule has 2 aliphatic rings. The average molecular weight is 335 g/mol. The van der Waals surface area contributed by atoms with Crippen LogP contribution in [0.3, 0.4) is 0 Å². The van der Waals surface area contributed by atoms with Crippen molar-refractivity contribution in [2.45, 2.75) is 38.1 Å². The molecule has 4 rings (SSSR count). The molecule has 1 fully saturated rings. The number of carbonyl (C=O) groups is 1. The van der Waals surface area contributed by atoms with Crippen molar-refractivity contribution in [1.82, 2.24) is 15.1 Å². The van der Waals surface area contributed by atoms with Crippen molar-refractivity contribution in [2.75, 3.05) is 13.7 Å². The van der Waals surface area contributed by atoms with Crippen LogP contribution in [0.25, 0.3) is 0 Å². The zero-order valence-electron chi connectivity index (χ0n) is 14.3. The number of nitrogens with one attached hydrogen (secondary N) is 1. The van der Waals surface area contributed by atoms with Gasteiger partial charge in [0.15, 0.2) is 0 Å². The van der Waals surface area contributed by atoms with Crippen molar-refractivity contribution in [2.24, 2.45) is 0 Å². The quantitative estimate of drug-likeness (QED) is 0.858. The van der Waals surface area contributed by atoms with Crippen LogP contribution in [0.4, 0.5) is 0 Å². The van der Waals surface area contributed by atoms with E-state index in [0.29, 0.717) is 19.0 Å². The Kier molecular flexibility index (Phi) is 4.19. The summed E-state index contributed by atoms with van der Waals surface area (Å²) in [6.07, 6.45) is 4.53. The first-order chi connectivity index (χ1) is 12.2. The highest BCUT2D eigenvalue weighted by atomic mass is 16.5. The predicted molar refractivity (Wildman–Crippen MR) is 94.2 cm³/mol. The van der Waals surface area contributed by atoms with Crippen molar-refractivity contribution in [1.29, 1.82) is 0 Å². The fraction of sp³-hybridized carbons (Fsp3) is 0.400. The first-order valence-electron chi connectivity index (χ1n) is 8.75. The predicted octanol–water partition coefficient (Wildman–Crippen LogP) is 2.62. The van der Waals surface area contributed by atoms with E-state index >= 15 is 0 Å². The van der Waals surface area contributed by atoms with Gasteiger partial charge in [-0.25, -0.2) is 0 Å². The molecule has 25 heavy (non-hydrogen) atoms. The molecule has 0 bridgehead atoms. The maximum Gasteiger partial charge on any atom is 0.299 e. The third-order valence-corrected chi connectivity index (χ3v) is 5.15. The third kappa shape index (κ3) is 3.12. The number of methoxy groups -OCH3 is 1. The number of carbonyl (C=O) groups excluding carboxylic acids is 1. The number of fused-ring (bicyclic) bond motifs is 1. The Morgan fingerprint density at radius 3 is 2.80 bits per heavy atom. The Morgan fingerprint density at radius 2 is 2.12 bits per heavy atom. The Hall–Kier alpha value is -2.74. The van der Waals surface area contributed by atoms with Crippen molar-refractivity contribution in [3.63, 3.8) is 0 Å². The number of ether oxygens (including phenoxy) is 1. The fourth-order valence-corrected chi connectivity index (χ4v) is 3.39. The van der Waals surface area contributed by atoms with Gasteiger partial charge in [-0.3, -0.25) is 9.89 Å². The lowest BCUT2D eigenvalue weighted by atomic mass is 9.81. The molecule has 1 aromatic carbocycles. The highest BCUT2D eigenvalue weighted by Crippen LogP contribution is 2.38. The van der Waals surface area contributed by atoms with Crippen LogP contribution >= 0.6 is 0 Å². The summed E-state index contributed by atoms with van der Waals surface area (Å²) in [5.74, 6) is 6.95. The van der Waals surface area contributed by atoms with Gasteiger partial charge in [0.05, 0.1) is 19.3 Å². The first kappa shape index (κ1) is 15.8. The van der Waals surface area contributed by atoms with E-state index in [1.54, 1.807) is 7.11 Å². The molecular formula is C20H21N3O2. The molecule has 1 N–H and O–H groups in total. The number of H-pyrrole nitrogens is 1. The molecule has 0 unspecified atom stereocenters. The van der Waals surface area contributed by atoms with Gasteiger partial charge in [-0.1, -0.05) is 12.3 Å². The number of benzene rings is 1. The molecule has 1 aliphatic heterocycles. The number of nitrogens with zero attached hydrogens (tertiary/aromatic N) is 2. The van der Waals surface area contributed by atoms with E-state index in [2.05, 4.69) is 22.0 Å². The molecule has 1 saturated carbocycles. The monoisotopic (exact) mass is 335 g/mol. The summed E-state index contributed by atoms with van der Waals surface area (Å²) in [4.78, 5) is 14.3. The summed E-state index contributed by atoms with van der Waals surface area (Å²) in [5, 5.41) is 7.68. The summed E-state index contributed by atoms with van der Waals surface area (Å²) in [5.41, 5.74) is 4.39. The number of hydrogen-bond donors (Lipinski definition) is 1. The van der Waals surface area contributed by atoms with Crippen LogP contribution in [0.5, 0.6) is 5.75 Å². The minimum absolute atomic E-state index is 0.123. The van der Waals surface area contributed by atoms with Crippen molar-refractivity contribution >= 4 is 5.91 Å². The number of aromatic amines is 1. The van der Waals surface area contributed by atoms with E-state index in [1.165, 1.54) is 36.2 Å². The van der Waals surface area contributed by atoms with Crippen LogP contribution < -0.4 is 4.74 Å². The summed E-state index contributed by atoms with van der Waals surface area (Å²) in [6, 6.07) is 7.41. The van der Waals surface area contributed by atoms with Gasteiger partial charge in [0.2, 0.25) is 0 Å². The van der Waals surface area contributed by atoms with Gasteiger partial charge in [-0.2, -0.15) is 5.10 Å². The van der Waals surface area contributed by atoms with Gasteiger partial charge >= 0.3 is 0 Å². The van der Waals surface area contributed by atoms with Crippen LogP contribution in [-0.2, 0) is 17.8 Å². The minimum Gasteiger partial charge on any atom is -0.497 e. The van der Waals surface area contributed by atoms with E-state index < -0.39 is 0 Å². The van der Waals surface area contributed by atoms with Gasteiger partial charge in [-0.05, 0) is 37.1 Å². The molecule has 2 heterocycles. The second-order valence-corrected chi connectivity index (χ2v) is 6.65. The van der Waals surface area contributed by atoms with Crippen molar-refractivity contribution in [3.8, 4) is 17.6 Å². The van der Waals surface area contributed by atoms with Crippen LogP contribution in [0, 0.1) is 11.8 Å². The van der Waals surface area contributed by atoms with E-state index in [9.17, 15) is 4.79 Å². The first-order valence-corrected chi connectivity index (χ1v) is 8.75. The Bertz CT molecular complexity index is 838. The third-order valence-electron chi connectivity index (χ3n) is 5.15. The lowest BCUT2D eigenvalue weighted by Gasteiger charge is -2.29. The largest absolute Gasteiger partial charge is 0.497 e. The molecule has 0 radical (unpaired) electrons. The Balaban J connectivity index is 1.47. The molecule has 5 heteroatoms. The normalized spacial score (nSPS) is 16.4. The molecule has 5 nitrogen and oxygen atoms in total. The number of hydrogen-bond acceptors (Lipinski definition) is 3. The minimum atomic E-state index is -0.123. The van der Waals surface area contributed by atoms with E-state index in [-0.39, 0.29) is 5.91 Å². The smallest absolute Gasteiger partial charge is 0.299 e. The molecule has 1 aromatic heterocycles. The van der Waals surface area contributed by atoms with Crippen LogP contribution in [0.2, 0.25) is 0 Å². The van der Waals surface area contributed by atoms with Gasteiger partial charge in [0, 0.05) is 41.6 Å². The summed E-state index contributed by atoms with van der Waals surface area (Å²) in [6.45, 7) is 1.31. The van der Waals surface area contributed by atoms with E-state index in [4.69, 9.17) is 4.74 Å². The number of aromatic nitrogens is 2. The maximum absolute atomic E-state index is 12.5. The summed E-state index contributed by atoms with van der Waals surface area (Å²) < 4.78 is 5.13. The SMILES string of the molecule is COc1ccc(C#CC(=O)N2CCc3[nH]nc(C4CCC4)c3C2)cc1. The lowest BCUT2D eigenvalue weighted by Crippen LogP contribution is -2.35. The van der Waals surface area contributed by atoms with Crippen LogP contribution in [0.15, 0.2) is 24.3 Å². The van der Waals surface area contributed by atoms with Gasteiger partial charge in [0.1, 0.15) is 5.75 Å². The van der Waals surface area contributed by atoms with Crippen molar-refractivity contribution in [3.05, 3.63) is 46.8 Å². The zero-order valence-corrected chi connectivity index (χ0v) is 14.3. The van der Waals surface area contributed by atoms with Gasteiger partial charge in [0.25, 0.3) is 5.91 Å². The maximum atomic E-state index is 12.5. The summed E-state index contributed by atoms with van der Waals surface area (Å²) in [7, 11) is 1.63. The zero-order chi connectivity index (χ0) is 17.2. The van der Waals surface area contributed by atoms with E-state index in [1.807, 2.05) is 29.2 Å². The molecule has 0 saturated heterocycles. The molecule has 0 atom stereocenters. The second-order valence-electron chi connectivity index (χ2n) is 6.65. The van der Waals surface area contributed by atoms with Crippen LogP contribution in [-0.4, -0.2) is 34.7 Å². The van der Waals surface area contributed by atoms with E-state index in [0.717, 1.165) is 17.7 Å². The lowest BCUT2D eigenvalue weighted by molar-refractivity contribution is -0.126. The highest BCUT2D eigenvalue weighted by Gasteiger charge is 2.30. The Morgan fingerprint density at radius 1 is 1.32 bits per heavy atom. The molecule has 128 valence electrons. The standard InChI is InChI=1S/C20H21N3O2/c1-25-16-8-5-14(6-9-16)7-10-19(24)23-12-11-18-17(13-23)20(22-21-18)15-3-2-4-15/h5-6,8-9,15H,2-4,11-13H2,1H3,(H,21,22). The number of rotatable bonds is 2. The molecular weight excluding hydrogens is 314 g/mol. The molecule has 1 aliphatic carbocycles. The van der Waals surface area contributed by atoms with Gasteiger partial charge in [-0.15, -0.1) is 0 Å². The highest BCUT2D eigenvalue weighted by molar-refractivity contribution is 5.94. The fourth-order valence-electron chi connectivity index (χ4n) is 3.39. The molecule has 1 amide bonds. The summed E-state index contributed by atoms with van der Waals surface area (Å²) >= 11 is 0. The topological polar surface area (TPSA) is 58.2 Å². The average Bonchev–Trinajstić information content (AvgIpc) is 3.01. The molecule has 2 aromatic rings. The number of amides is 1. The van der Waals surface area contributed by atoms with Crippen molar-refractivity contribution < 1.29 is 9.53 Å². The molecule has 0 spiro atoms. The van der Waals surface area contributed by atoms with Crippen LogP contribution in [0.1, 0.15) is 47.7 Å². The Labute approximate surface area is 147 Å². The van der Waals surface area contributed by atoms with Gasteiger partial charge < -0.3 is 9.64 Å². The second kappa shape index (κ2) is 6.64.